The van der Waals surface area contributed by atoms with Crippen LogP contribution in [0.5, 0.6) is 11.5 Å². The highest BCUT2D eigenvalue weighted by molar-refractivity contribution is 6.30. The molecule has 0 heterocycles. The fourth-order valence-electron chi connectivity index (χ4n) is 2.89. The molecule has 0 spiro atoms. The fourth-order valence-corrected chi connectivity index (χ4v) is 2.94. The zero-order valence-corrected chi connectivity index (χ0v) is 14.9. The van der Waals surface area contributed by atoms with Crippen molar-refractivity contribution in [1.82, 2.24) is 5.32 Å². The monoisotopic (exact) mass is 354 g/mol. The van der Waals surface area contributed by atoms with Gasteiger partial charge < -0.3 is 20.1 Å². The molecule has 1 atom stereocenters. The number of carbonyl (C=O) groups is 2. The number of alkyl halides is 1. The Kier molecular flexibility index (Phi) is 5.94. The van der Waals surface area contributed by atoms with Crippen LogP contribution in [0.1, 0.15) is 32.6 Å². The molecule has 0 saturated heterocycles. The summed E-state index contributed by atoms with van der Waals surface area (Å²) in [5, 5.41) is 5.00. The Morgan fingerprint density at radius 2 is 1.79 bits per heavy atom. The number of benzene rings is 1. The van der Waals surface area contributed by atoms with E-state index < -0.39 is 10.9 Å². The molecule has 2 rings (SSSR count). The molecule has 132 valence electrons. The molecule has 0 radical (unpaired) electrons. The first kappa shape index (κ1) is 18.4. The summed E-state index contributed by atoms with van der Waals surface area (Å²) in [7, 11) is 3.08. The van der Waals surface area contributed by atoms with Crippen molar-refractivity contribution in [2.45, 2.75) is 43.5 Å². The standard InChI is InChI=1S/C17H23ClN2O4/c1-11(18)15(21)20-17(8-4-5-9-17)16(22)19-12-6-7-13(23-2)14(10-12)24-3/h6-7,10-11H,4-5,8-9H2,1-3H3,(H,19,22)(H,20,21). The van der Waals surface area contributed by atoms with Gasteiger partial charge in [-0.3, -0.25) is 9.59 Å². The molecule has 7 heteroatoms. The van der Waals surface area contributed by atoms with E-state index in [9.17, 15) is 9.59 Å². The summed E-state index contributed by atoms with van der Waals surface area (Å²) in [6, 6.07) is 5.13. The molecule has 1 aliphatic carbocycles. The van der Waals surface area contributed by atoms with Gasteiger partial charge in [0.2, 0.25) is 11.8 Å². The van der Waals surface area contributed by atoms with Crippen LogP contribution >= 0.6 is 11.6 Å². The molecule has 1 unspecified atom stereocenters. The molecule has 2 N–H and O–H groups in total. The van der Waals surface area contributed by atoms with Gasteiger partial charge in [-0.1, -0.05) is 12.8 Å². The zero-order valence-electron chi connectivity index (χ0n) is 14.1. The number of carbonyl (C=O) groups excluding carboxylic acids is 2. The van der Waals surface area contributed by atoms with E-state index in [1.54, 1.807) is 32.2 Å². The highest BCUT2D eigenvalue weighted by Gasteiger charge is 2.43. The van der Waals surface area contributed by atoms with E-state index in [1.807, 2.05) is 0 Å². The van der Waals surface area contributed by atoms with Gasteiger partial charge in [0.15, 0.2) is 11.5 Å². The molecule has 1 aromatic carbocycles. The van der Waals surface area contributed by atoms with Gasteiger partial charge in [0, 0.05) is 11.8 Å². The van der Waals surface area contributed by atoms with Crippen molar-refractivity contribution in [3.05, 3.63) is 18.2 Å². The van der Waals surface area contributed by atoms with Gasteiger partial charge in [-0.25, -0.2) is 0 Å². The number of halogens is 1. The van der Waals surface area contributed by atoms with Crippen molar-refractivity contribution in [3.63, 3.8) is 0 Å². The van der Waals surface area contributed by atoms with Crippen molar-refractivity contribution in [2.24, 2.45) is 0 Å². The van der Waals surface area contributed by atoms with Crippen molar-refractivity contribution >= 4 is 29.1 Å². The third kappa shape index (κ3) is 3.93. The van der Waals surface area contributed by atoms with Crippen molar-refractivity contribution in [3.8, 4) is 11.5 Å². The van der Waals surface area contributed by atoms with Crippen LogP contribution in [0.15, 0.2) is 18.2 Å². The molecule has 1 aromatic rings. The van der Waals surface area contributed by atoms with Crippen LogP contribution in [-0.2, 0) is 9.59 Å². The largest absolute Gasteiger partial charge is 0.493 e. The van der Waals surface area contributed by atoms with Gasteiger partial charge in [-0.15, -0.1) is 11.6 Å². The Hall–Kier alpha value is -1.95. The molecule has 24 heavy (non-hydrogen) atoms. The van der Waals surface area contributed by atoms with E-state index in [0.29, 0.717) is 30.0 Å². The first-order valence-electron chi connectivity index (χ1n) is 7.91. The first-order chi connectivity index (χ1) is 11.4. The van der Waals surface area contributed by atoms with E-state index in [1.165, 1.54) is 7.11 Å². The average molecular weight is 355 g/mol. The van der Waals surface area contributed by atoms with Gasteiger partial charge in [0.25, 0.3) is 0 Å². The highest BCUT2D eigenvalue weighted by Crippen LogP contribution is 2.33. The van der Waals surface area contributed by atoms with Crippen LogP contribution in [0.3, 0.4) is 0 Å². The predicted octanol–water partition coefficient (Wildman–Crippen LogP) is 2.70. The number of methoxy groups -OCH3 is 2. The van der Waals surface area contributed by atoms with Crippen molar-refractivity contribution in [2.75, 3.05) is 19.5 Å². The average Bonchev–Trinajstić information content (AvgIpc) is 3.04. The second-order valence-corrected chi connectivity index (χ2v) is 6.57. The second kappa shape index (κ2) is 7.75. The van der Waals surface area contributed by atoms with Crippen LogP contribution in [0, 0.1) is 0 Å². The SMILES string of the molecule is COc1ccc(NC(=O)C2(NC(=O)C(C)Cl)CCCC2)cc1OC. The summed E-state index contributed by atoms with van der Waals surface area (Å²) >= 11 is 5.83. The Bertz CT molecular complexity index is 613. The van der Waals surface area contributed by atoms with Gasteiger partial charge in [-0.05, 0) is 31.9 Å². The van der Waals surface area contributed by atoms with E-state index in [0.717, 1.165) is 12.8 Å². The van der Waals surface area contributed by atoms with Crippen LogP contribution in [0.25, 0.3) is 0 Å². The maximum absolute atomic E-state index is 12.8. The number of amides is 2. The maximum atomic E-state index is 12.8. The van der Waals surface area contributed by atoms with Crippen molar-refractivity contribution in [1.29, 1.82) is 0 Å². The molecule has 1 saturated carbocycles. The number of nitrogens with one attached hydrogen (secondary N) is 2. The molecule has 6 nitrogen and oxygen atoms in total. The van der Waals surface area contributed by atoms with Crippen LogP contribution in [0.4, 0.5) is 5.69 Å². The Balaban J connectivity index is 2.18. The minimum atomic E-state index is -0.909. The quantitative estimate of drug-likeness (QED) is 0.770. The maximum Gasteiger partial charge on any atom is 0.250 e. The first-order valence-corrected chi connectivity index (χ1v) is 8.35. The van der Waals surface area contributed by atoms with Gasteiger partial charge >= 0.3 is 0 Å². The summed E-state index contributed by atoms with van der Waals surface area (Å²) < 4.78 is 10.4. The molecule has 0 aromatic heterocycles. The fraction of sp³-hybridized carbons (Fsp3) is 0.529. The van der Waals surface area contributed by atoms with E-state index in [2.05, 4.69) is 10.6 Å². The molecular formula is C17H23ClN2O4. The lowest BCUT2D eigenvalue weighted by molar-refractivity contribution is -0.130. The number of hydrogen-bond acceptors (Lipinski definition) is 4. The predicted molar refractivity (Wildman–Crippen MR) is 92.8 cm³/mol. The zero-order chi connectivity index (χ0) is 17.7. The lowest BCUT2D eigenvalue weighted by Gasteiger charge is -2.29. The lowest BCUT2D eigenvalue weighted by Crippen LogP contribution is -2.56. The molecule has 2 amide bonds. The summed E-state index contributed by atoms with van der Waals surface area (Å²) in [4.78, 5) is 24.8. The van der Waals surface area contributed by atoms with E-state index >= 15 is 0 Å². The minimum absolute atomic E-state index is 0.238. The minimum Gasteiger partial charge on any atom is -0.493 e. The van der Waals surface area contributed by atoms with Gasteiger partial charge in [0.1, 0.15) is 10.9 Å². The Labute approximate surface area is 146 Å². The van der Waals surface area contributed by atoms with Crippen LogP contribution in [-0.4, -0.2) is 36.9 Å². The Morgan fingerprint density at radius 3 is 2.33 bits per heavy atom. The number of rotatable bonds is 6. The number of anilines is 1. The number of hydrogen-bond donors (Lipinski definition) is 2. The van der Waals surface area contributed by atoms with E-state index in [-0.39, 0.29) is 11.8 Å². The summed E-state index contributed by atoms with van der Waals surface area (Å²) in [5.41, 5.74) is -0.329. The molecule has 1 fully saturated rings. The molecular weight excluding hydrogens is 332 g/mol. The summed E-state index contributed by atoms with van der Waals surface area (Å²) in [6.07, 6.45) is 2.97. The number of ether oxygens (including phenoxy) is 2. The van der Waals surface area contributed by atoms with Gasteiger partial charge in [-0.2, -0.15) is 0 Å². The van der Waals surface area contributed by atoms with Crippen LogP contribution < -0.4 is 20.1 Å². The summed E-state index contributed by atoms with van der Waals surface area (Å²) in [6.45, 7) is 1.59. The van der Waals surface area contributed by atoms with Crippen LogP contribution in [0.2, 0.25) is 0 Å². The topological polar surface area (TPSA) is 76.7 Å². The smallest absolute Gasteiger partial charge is 0.250 e. The highest BCUT2D eigenvalue weighted by atomic mass is 35.5. The summed E-state index contributed by atoms with van der Waals surface area (Å²) in [5.74, 6) is 0.531. The third-order valence-electron chi connectivity index (χ3n) is 4.26. The van der Waals surface area contributed by atoms with Crippen molar-refractivity contribution < 1.29 is 19.1 Å². The molecule has 0 bridgehead atoms. The normalized spacial score (nSPS) is 17.0. The third-order valence-corrected chi connectivity index (χ3v) is 4.46. The second-order valence-electron chi connectivity index (χ2n) is 5.92. The molecule has 0 aliphatic heterocycles. The van der Waals surface area contributed by atoms with Gasteiger partial charge in [0.05, 0.1) is 14.2 Å². The van der Waals surface area contributed by atoms with E-state index in [4.69, 9.17) is 21.1 Å². The molecule has 1 aliphatic rings. The lowest BCUT2D eigenvalue weighted by atomic mass is 9.95. The Morgan fingerprint density at radius 1 is 1.17 bits per heavy atom.